The summed E-state index contributed by atoms with van der Waals surface area (Å²) in [6.45, 7) is 0. The Morgan fingerprint density at radius 1 is 0.929 bits per heavy atom. The Hall–Kier alpha value is -3.39. The molecule has 142 valence electrons. The lowest BCUT2D eigenvalue weighted by Crippen LogP contribution is -1.89. The van der Waals surface area contributed by atoms with Crippen molar-refractivity contribution < 1.29 is 18.4 Å². The lowest BCUT2D eigenvalue weighted by Gasteiger charge is -2.05. The van der Waals surface area contributed by atoms with Crippen molar-refractivity contribution in [1.82, 2.24) is 20.3 Å². The quantitative estimate of drug-likeness (QED) is 0.480. The largest absolute Gasteiger partial charge is 0.497 e. The molecule has 2 aromatic carbocycles. The van der Waals surface area contributed by atoms with E-state index in [1.54, 1.807) is 44.6 Å². The number of nitrogens with zero attached hydrogens (tertiary/aromatic N) is 4. The first kappa shape index (κ1) is 18.0. The number of methoxy groups -OCH3 is 2. The van der Waals surface area contributed by atoms with Crippen LogP contribution in [0.25, 0.3) is 22.8 Å². The normalized spacial score (nSPS) is 10.8. The van der Waals surface area contributed by atoms with Gasteiger partial charge in [-0.2, -0.15) is 4.98 Å². The fraction of sp³-hybridized carbons (Fsp3) is 0.158. The van der Waals surface area contributed by atoms with Crippen molar-refractivity contribution in [3.63, 3.8) is 0 Å². The van der Waals surface area contributed by atoms with Crippen LogP contribution in [0.2, 0.25) is 5.02 Å². The molecular weight excluding hydrogens is 384 g/mol. The molecule has 0 spiro atoms. The molecule has 2 heterocycles. The number of ether oxygens (including phenoxy) is 2. The second-order valence-electron chi connectivity index (χ2n) is 5.80. The van der Waals surface area contributed by atoms with Gasteiger partial charge in [0.05, 0.1) is 14.2 Å². The van der Waals surface area contributed by atoms with Gasteiger partial charge < -0.3 is 18.4 Å². The zero-order valence-electron chi connectivity index (χ0n) is 15.0. The molecule has 0 radical (unpaired) electrons. The van der Waals surface area contributed by atoms with Crippen molar-refractivity contribution in [2.24, 2.45) is 0 Å². The van der Waals surface area contributed by atoms with E-state index in [-0.39, 0.29) is 6.42 Å². The molecule has 0 saturated heterocycles. The van der Waals surface area contributed by atoms with Gasteiger partial charge in [0.1, 0.15) is 17.9 Å². The first-order valence-corrected chi connectivity index (χ1v) is 8.67. The lowest BCUT2D eigenvalue weighted by molar-refractivity contribution is 0.373. The van der Waals surface area contributed by atoms with Crippen molar-refractivity contribution in [3.8, 4) is 34.3 Å². The monoisotopic (exact) mass is 398 g/mol. The summed E-state index contributed by atoms with van der Waals surface area (Å²) in [7, 11) is 3.15. The summed E-state index contributed by atoms with van der Waals surface area (Å²) in [6.07, 6.45) is 0.210. The summed E-state index contributed by atoms with van der Waals surface area (Å²) in [5.41, 5.74) is 1.44. The molecule has 28 heavy (non-hydrogen) atoms. The summed E-state index contributed by atoms with van der Waals surface area (Å²) in [6, 6.07) is 12.5. The van der Waals surface area contributed by atoms with Crippen LogP contribution in [0.5, 0.6) is 11.5 Å². The maximum absolute atomic E-state index is 6.00. The molecule has 8 nitrogen and oxygen atoms in total. The van der Waals surface area contributed by atoms with Crippen LogP contribution in [0, 0.1) is 0 Å². The number of hydrogen-bond donors (Lipinski definition) is 0. The van der Waals surface area contributed by atoms with Crippen molar-refractivity contribution in [1.29, 1.82) is 0 Å². The van der Waals surface area contributed by atoms with Crippen molar-refractivity contribution in [2.75, 3.05) is 14.2 Å². The minimum atomic E-state index is 0.210. The Bertz CT molecular complexity index is 1090. The minimum Gasteiger partial charge on any atom is -0.497 e. The molecule has 4 rings (SSSR count). The van der Waals surface area contributed by atoms with Gasteiger partial charge in [0.25, 0.3) is 0 Å². The molecule has 0 amide bonds. The number of benzene rings is 2. The zero-order valence-corrected chi connectivity index (χ0v) is 15.8. The molecular formula is C19H15ClN4O4. The highest BCUT2D eigenvalue weighted by atomic mass is 35.5. The van der Waals surface area contributed by atoms with E-state index in [4.69, 9.17) is 30.0 Å². The average molecular weight is 399 g/mol. The average Bonchev–Trinajstić information content (AvgIpc) is 3.38. The highest BCUT2D eigenvalue weighted by Gasteiger charge is 2.16. The lowest BCUT2D eigenvalue weighted by atomic mass is 10.2. The second-order valence-corrected chi connectivity index (χ2v) is 6.24. The predicted molar refractivity (Wildman–Crippen MR) is 100 cm³/mol. The van der Waals surface area contributed by atoms with Crippen LogP contribution in [0.3, 0.4) is 0 Å². The molecule has 0 aliphatic rings. The van der Waals surface area contributed by atoms with Gasteiger partial charge in [-0.1, -0.05) is 28.9 Å². The minimum absolute atomic E-state index is 0.210. The molecule has 0 unspecified atom stereocenters. The van der Waals surface area contributed by atoms with Crippen LogP contribution in [0.4, 0.5) is 0 Å². The smallest absolute Gasteiger partial charge is 0.248 e. The van der Waals surface area contributed by atoms with Crippen LogP contribution in [0.1, 0.15) is 11.8 Å². The summed E-state index contributed by atoms with van der Waals surface area (Å²) in [5, 5.41) is 12.7. The Morgan fingerprint density at radius 2 is 1.71 bits per heavy atom. The van der Waals surface area contributed by atoms with E-state index < -0.39 is 0 Å². The van der Waals surface area contributed by atoms with Crippen LogP contribution < -0.4 is 9.47 Å². The second kappa shape index (κ2) is 7.69. The number of halogens is 1. The zero-order chi connectivity index (χ0) is 19.5. The van der Waals surface area contributed by atoms with Gasteiger partial charge in [-0.05, 0) is 24.3 Å². The van der Waals surface area contributed by atoms with E-state index >= 15 is 0 Å². The first-order valence-electron chi connectivity index (χ1n) is 8.29. The SMILES string of the molecule is COc1cc(OC)cc(-c2nnc(Cc3nc(-c4cccc(Cl)c4)no3)o2)c1. The van der Waals surface area contributed by atoms with Crippen LogP contribution >= 0.6 is 11.6 Å². The fourth-order valence-corrected chi connectivity index (χ4v) is 2.76. The summed E-state index contributed by atoms with van der Waals surface area (Å²) >= 11 is 6.00. The van der Waals surface area contributed by atoms with Gasteiger partial charge in [0.15, 0.2) is 0 Å². The third-order valence-corrected chi connectivity index (χ3v) is 4.15. The maximum Gasteiger partial charge on any atom is 0.248 e. The van der Waals surface area contributed by atoms with E-state index in [9.17, 15) is 0 Å². The van der Waals surface area contributed by atoms with Crippen molar-refractivity contribution in [2.45, 2.75) is 6.42 Å². The Kier molecular flexibility index (Phi) is 4.94. The third-order valence-electron chi connectivity index (χ3n) is 3.92. The molecule has 2 aromatic heterocycles. The van der Waals surface area contributed by atoms with Gasteiger partial charge >= 0.3 is 0 Å². The predicted octanol–water partition coefficient (Wildman–Crippen LogP) is 4.05. The Balaban J connectivity index is 1.55. The summed E-state index contributed by atoms with van der Waals surface area (Å²) in [4.78, 5) is 4.35. The highest BCUT2D eigenvalue weighted by Crippen LogP contribution is 2.29. The molecule has 0 fully saturated rings. The first-order chi connectivity index (χ1) is 13.6. The Labute approximate surface area is 165 Å². The standard InChI is InChI=1S/C19H15ClN4O4/c1-25-14-7-12(8-15(9-14)26-2)19-23-22-17(27-19)10-16-21-18(24-28-16)11-4-3-5-13(20)6-11/h3-9H,10H2,1-2H3. The third kappa shape index (κ3) is 3.81. The molecule has 9 heteroatoms. The van der Waals surface area contributed by atoms with Gasteiger partial charge in [-0.3, -0.25) is 0 Å². The van der Waals surface area contributed by atoms with E-state index in [0.717, 1.165) is 5.56 Å². The van der Waals surface area contributed by atoms with Crippen molar-refractivity contribution >= 4 is 11.6 Å². The van der Waals surface area contributed by atoms with Crippen LogP contribution in [-0.4, -0.2) is 34.6 Å². The number of hydrogen-bond acceptors (Lipinski definition) is 8. The van der Waals surface area contributed by atoms with Crippen LogP contribution in [0.15, 0.2) is 51.4 Å². The molecule has 0 bridgehead atoms. The van der Waals surface area contributed by atoms with Gasteiger partial charge in [0.2, 0.25) is 23.5 Å². The topological polar surface area (TPSA) is 96.3 Å². The Morgan fingerprint density at radius 3 is 2.43 bits per heavy atom. The van der Waals surface area contributed by atoms with E-state index in [1.165, 1.54) is 0 Å². The van der Waals surface area contributed by atoms with E-state index in [2.05, 4.69) is 20.3 Å². The highest BCUT2D eigenvalue weighted by molar-refractivity contribution is 6.30. The summed E-state index contributed by atoms with van der Waals surface area (Å²) < 4.78 is 21.5. The van der Waals surface area contributed by atoms with E-state index in [0.29, 0.717) is 45.6 Å². The molecule has 0 atom stereocenters. The van der Waals surface area contributed by atoms with E-state index in [1.807, 2.05) is 12.1 Å². The molecule has 0 aliphatic carbocycles. The van der Waals surface area contributed by atoms with Gasteiger partial charge in [0, 0.05) is 22.2 Å². The number of rotatable bonds is 6. The van der Waals surface area contributed by atoms with Gasteiger partial charge in [-0.15, -0.1) is 10.2 Å². The maximum atomic E-state index is 6.00. The summed E-state index contributed by atoms with van der Waals surface area (Å²) in [5.74, 6) is 2.72. The van der Waals surface area contributed by atoms with Gasteiger partial charge in [-0.25, -0.2) is 0 Å². The number of aromatic nitrogens is 4. The fourth-order valence-electron chi connectivity index (χ4n) is 2.57. The molecule has 0 saturated carbocycles. The molecule has 0 N–H and O–H groups in total. The van der Waals surface area contributed by atoms with Crippen LogP contribution in [-0.2, 0) is 6.42 Å². The molecule has 0 aliphatic heterocycles. The van der Waals surface area contributed by atoms with Crippen molar-refractivity contribution in [3.05, 3.63) is 59.3 Å². The molecule has 4 aromatic rings.